The summed E-state index contributed by atoms with van der Waals surface area (Å²) in [6.45, 7) is 6.16. The molecular weight excluding hydrogens is 332 g/mol. The topological polar surface area (TPSA) is 75.3 Å². The monoisotopic (exact) mass is 352 g/mol. The predicted molar refractivity (Wildman–Crippen MR) is 93.7 cm³/mol. The lowest BCUT2D eigenvalue weighted by atomic mass is 10.2. The van der Waals surface area contributed by atoms with Crippen LogP contribution in [0.15, 0.2) is 35.2 Å². The number of carbonyl (C=O) groups excluding carboxylic acids is 1. The van der Waals surface area contributed by atoms with E-state index in [0.717, 1.165) is 16.2 Å². The van der Waals surface area contributed by atoms with Crippen LogP contribution in [0.25, 0.3) is 0 Å². The van der Waals surface area contributed by atoms with Gasteiger partial charge in [0.15, 0.2) is 0 Å². The molecule has 0 atom stereocenters. The van der Waals surface area contributed by atoms with Gasteiger partial charge in [-0.15, -0.1) is 11.3 Å². The highest BCUT2D eigenvalue weighted by molar-refractivity contribution is 7.89. The van der Waals surface area contributed by atoms with Crippen LogP contribution in [0, 0.1) is 13.8 Å². The zero-order chi connectivity index (χ0) is 17.0. The van der Waals surface area contributed by atoms with Crippen LogP contribution < -0.4 is 10.0 Å². The number of hydrogen-bond donors (Lipinski definition) is 2. The molecular formula is C16H20N2O3S2. The van der Waals surface area contributed by atoms with Gasteiger partial charge in [0, 0.05) is 22.0 Å². The highest BCUT2D eigenvalue weighted by Gasteiger charge is 2.14. The molecule has 7 heteroatoms. The van der Waals surface area contributed by atoms with Crippen LogP contribution in [-0.2, 0) is 10.0 Å². The second-order valence-electron chi connectivity index (χ2n) is 5.20. The van der Waals surface area contributed by atoms with Gasteiger partial charge in [-0.25, -0.2) is 13.1 Å². The highest BCUT2D eigenvalue weighted by atomic mass is 32.2. The van der Waals surface area contributed by atoms with Gasteiger partial charge >= 0.3 is 0 Å². The van der Waals surface area contributed by atoms with Gasteiger partial charge in [0.05, 0.1) is 10.5 Å². The molecule has 1 aromatic heterocycles. The minimum atomic E-state index is -3.48. The fraction of sp³-hybridized carbons (Fsp3) is 0.312. The fourth-order valence-corrected chi connectivity index (χ4v) is 4.15. The second-order valence-corrected chi connectivity index (χ2v) is 8.43. The summed E-state index contributed by atoms with van der Waals surface area (Å²) in [6.07, 6.45) is 0.729. The Bertz CT molecular complexity index is 793. The number of amides is 1. The van der Waals surface area contributed by atoms with E-state index in [9.17, 15) is 13.2 Å². The zero-order valence-electron chi connectivity index (χ0n) is 13.3. The number of carbonyl (C=O) groups is 1. The Hall–Kier alpha value is -1.70. The van der Waals surface area contributed by atoms with Crippen molar-refractivity contribution in [2.24, 2.45) is 0 Å². The Labute approximate surface area is 140 Å². The number of aryl methyl sites for hydroxylation is 2. The molecule has 1 heterocycles. The lowest BCUT2D eigenvalue weighted by Crippen LogP contribution is -2.24. The maximum Gasteiger partial charge on any atom is 0.256 e. The van der Waals surface area contributed by atoms with Crippen molar-refractivity contribution in [2.75, 3.05) is 11.9 Å². The number of anilines is 1. The molecule has 1 aromatic carbocycles. The number of thiophene rings is 1. The summed E-state index contributed by atoms with van der Waals surface area (Å²) in [7, 11) is -3.48. The third-order valence-electron chi connectivity index (χ3n) is 3.25. The van der Waals surface area contributed by atoms with Crippen molar-refractivity contribution in [1.82, 2.24) is 4.72 Å². The molecule has 0 unspecified atom stereocenters. The molecule has 1 amide bonds. The minimum absolute atomic E-state index is 0.187. The van der Waals surface area contributed by atoms with Crippen LogP contribution in [0.5, 0.6) is 0 Å². The van der Waals surface area contributed by atoms with Gasteiger partial charge in [-0.1, -0.05) is 6.92 Å². The van der Waals surface area contributed by atoms with Crippen molar-refractivity contribution >= 4 is 33.0 Å². The van der Waals surface area contributed by atoms with E-state index in [1.807, 2.05) is 26.8 Å². The van der Waals surface area contributed by atoms with E-state index in [1.165, 1.54) is 12.1 Å². The van der Waals surface area contributed by atoms with Crippen LogP contribution in [-0.4, -0.2) is 20.9 Å². The maximum atomic E-state index is 12.2. The molecule has 2 rings (SSSR count). The number of rotatable bonds is 6. The minimum Gasteiger partial charge on any atom is -0.322 e. The van der Waals surface area contributed by atoms with E-state index in [2.05, 4.69) is 10.0 Å². The fourth-order valence-electron chi connectivity index (χ4n) is 2.09. The molecule has 2 N–H and O–H groups in total. The quantitative estimate of drug-likeness (QED) is 0.837. The van der Waals surface area contributed by atoms with Gasteiger partial charge in [-0.3, -0.25) is 4.79 Å². The standard InChI is InChI=1S/C16H20N2O3S2/c1-4-9-17-23(20,21)14-7-5-13(6-8-14)18-16(19)15-10-11(2)22-12(15)3/h5-8,10,17H,4,9H2,1-3H3,(H,18,19). The van der Waals surface area contributed by atoms with Crippen LogP contribution in [0.4, 0.5) is 5.69 Å². The highest BCUT2D eigenvalue weighted by Crippen LogP contribution is 2.22. The van der Waals surface area contributed by atoms with Gasteiger partial charge in [-0.2, -0.15) is 0 Å². The van der Waals surface area contributed by atoms with Gasteiger partial charge in [0.1, 0.15) is 0 Å². The predicted octanol–water partition coefficient (Wildman–Crippen LogP) is 3.31. The Morgan fingerprint density at radius 1 is 1.17 bits per heavy atom. The first kappa shape index (κ1) is 17.7. The molecule has 124 valence electrons. The molecule has 0 aliphatic heterocycles. The normalized spacial score (nSPS) is 11.4. The molecule has 2 aromatic rings. The van der Waals surface area contributed by atoms with Crippen molar-refractivity contribution in [3.05, 3.63) is 45.6 Å². The van der Waals surface area contributed by atoms with Gasteiger partial charge in [-0.05, 0) is 50.6 Å². The molecule has 0 saturated heterocycles. The Morgan fingerprint density at radius 2 is 1.83 bits per heavy atom. The summed E-state index contributed by atoms with van der Waals surface area (Å²) in [5, 5.41) is 2.79. The van der Waals surface area contributed by atoms with E-state index in [4.69, 9.17) is 0 Å². The summed E-state index contributed by atoms with van der Waals surface area (Å²) in [5.41, 5.74) is 1.21. The van der Waals surface area contributed by atoms with Crippen LogP contribution >= 0.6 is 11.3 Å². The number of benzene rings is 1. The maximum absolute atomic E-state index is 12.2. The van der Waals surface area contributed by atoms with Gasteiger partial charge in [0.2, 0.25) is 10.0 Å². The van der Waals surface area contributed by atoms with Crippen LogP contribution in [0.3, 0.4) is 0 Å². The van der Waals surface area contributed by atoms with Crippen molar-refractivity contribution in [3.8, 4) is 0 Å². The first-order chi connectivity index (χ1) is 10.8. The third-order valence-corrected chi connectivity index (χ3v) is 5.69. The molecule has 0 aliphatic carbocycles. The molecule has 0 spiro atoms. The summed E-state index contributed by atoms with van der Waals surface area (Å²) in [4.78, 5) is 14.5. The molecule has 0 fully saturated rings. The largest absolute Gasteiger partial charge is 0.322 e. The average molecular weight is 352 g/mol. The molecule has 5 nitrogen and oxygen atoms in total. The summed E-state index contributed by atoms with van der Waals surface area (Å²) in [6, 6.07) is 8.00. The van der Waals surface area contributed by atoms with Crippen molar-refractivity contribution in [2.45, 2.75) is 32.1 Å². The van der Waals surface area contributed by atoms with E-state index >= 15 is 0 Å². The lowest BCUT2D eigenvalue weighted by Gasteiger charge is -2.08. The SMILES string of the molecule is CCCNS(=O)(=O)c1ccc(NC(=O)c2cc(C)sc2C)cc1. The van der Waals surface area contributed by atoms with E-state index in [0.29, 0.717) is 17.8 Å². The van der Waals surface area contributed by atoms with Crippen molar-refractivity contribution in [1.29, 1.82) is 0 Å². The lowest BCUT2D eigenvalue weighted by molar-refractivity contribution is 0.102. The van der Waals surface area contributed by atoms with Crippen LogP contribution in [0.1, 0.15) is 33.5 Å². The third kappa shape index (κ3) is 4.40. The molecule has 0 bridgehead atoms. The Balaban J connectivity index is 2.11. The summed E-state index contributed by atoms with van der Waals surface area (Å²) in [5.74, 6) is -0.188. The van der Waals surface area contributed by atoms with Gasteiger partial charge in [0.25, 0.3) is 5.91 Å². The van der Waals surface area contributed by atoms with E-state index in [1.54, 1.807) is 23.5 Å². The Morgan fingerprint density at radius 3 is 2.35 bits per heavy atom. The number of hydrogen-bond acceptors (Lipinski definition) is 4. The Kier molecular flexibility index (Phi) is 5.56. The molecule has 23 heavy (non-hydrogen) atoms. The zero-order valence-corrected chi connectivity index (χ0v) is 15.0. The first-order valence-corrected chi connectivity index (χ1v) is 9.61. The summed E-state index contributed by atoms with van der Waals surface area (Å²) < 4.78 is 26.5. The average Bonchev–Trinajstić information content (AvgIpc) is 2.84. The summed E-state index contributed by atoms with van der Waals surface area (Å²) >= 11 is 1.57. The van der Waals surface area contributed by atoms with Crippen molar-refractivity contribution < 1.29 is 13.2 Å². The van der Waals surface area contributed by atoms with E-state index < -0.39 is 10.0 Å². The molecule has 0 radical (unpaired) electrons. The van der Waals surface area contributed by atoms with Crippen LogP contribution in [0.2, 0.25) is 0 Å². The molecule has 0 saturated carbocycles. The van der Waals surface area contributed by atoms with Crippen molar-refractivity contribution in [3.63, 3.8) is 0 Å². The second kappa shape index (κ2) is 7.25. The van der Waals surface area contributed by atoms with Gasteiger partial charge < -0.3 is 5.32 Å². The van der Waals surface area contributed by atoms with E-state index in [-0.39, 0.29) is 10.8 Å². The first-order valence-electron chi connectivity index (χ1n) is 7.31. The number of nitrogens with one attached hydrogen (secondary N) is 2. The smallest absolute Gasteiger partial charge is 0.256 e. The number of sulfonamides is 1. The molecule has 0 aliphatic rings.